The fourth-order valence-corrected chi connectivity index (χ4v) is 1.55. The molecule has 0 amide bonds. The maximum absolute atomic E-state index is 8.64. The smallest absolute Gasteiger partial charge is 0.119 e. The normalized spacial score (nSPS) is 10.8. The second-order valence-corrected chi connectivity index (χ2v) is 4.42. The van der Waals surface area contributed by atoms with Crippen LogP contribution in [0.3, 0.4) is 0 Å². The zero-order valence-electron chi connectivity index (χ0n) is 10.8. The van der Waals surface area contributed by atoms with Crippen molar-refractivity contribution >= 4 is 0 Å². The number of rotatable bonds is 8. The maximum atomic E-state index is 8.64. The predicted octanol–water partition coefficient (Wildman–Crippen LogP) is 2.34. The third-order valence-electron chi connectivity index (χ3n) is 2.39. The fourth-order valence-electron chi connectivity index (χ4n) is 1.55. The molecular formula is C14H23NO2. The van der Waals surface area contributed by atoms with Gasteiger partial charge in [-0.2, -0.15) is 0 Å². The number of aliphatic hydroxyl groups is 1. The molecule has 0 aliphatic heterocycles. The van der Waals surface area contributed by atoms with E-state index in [-0.39, 0.29) is 12.7 Å². The van der Waals surface area contributed by atoms with Crippen LogP contribution < -0.4 is 10.1 Å². The predicted molar refractivity (Wildman–Crippen MR) is 70.2 cm³/mol. The molecule has 17 heavy (non-hydrogen) atoms. The fraction of sp³-hybridized carbons (Fsp3) is 0.571. The molecule has 1 aromatic carbocycles. The van der Waals surface area contributed by atoms with Crippen LogP contribution in [0.5, 0.6) is 5.75 Å². The zero-order chi connectivity index (χ0) is 12.5. The van der Waals surface area contributed by atoms with Gasteiger partial charge in [0, 0.05) is 13.2 Å². The van der Waals surface area contributed by atoms with Crippen LogP contribution in [-0.2, 0) is 6.54 Å². The number of hydrogen-bond acceptors (Lipinski definition) is 3. The number of unbranched alkanes of at least 4 members (excludes halogenated alkanes) is 1. The van der Waals surface area contributed by atoms with Crippen LogP contribution in [0.1, 0.15) is 32.3 Å². The Hall–Kier alpha value is -1.06. The lowest BCUT2D eigenvalue weighted by Crippen LogP contribution is -2.15. The highest BCUT2D eigenvalue weighted by molar-refractivity contribution is 5.27. The van der Waals surface area contributed by atoms with Gasteiger partial charge in [0.1, 0.15) is 5.75 Å². The van der Waals surface area contributed by atoms with E-state index in [1.165, 1.54) is 5.56 Å². The van der Waals surface area contributed by atoms with E-state index in [4.69, 9.17) is 9.84 Å². The molecule has 0 spiro atoms. The zero-order valence-corrected chi connectivity index (χ0v) is 10.8. The second-order valence-electron chi connectivity index (χ2n) is 4.42. The quantitative estimate of drug-likeness (QED) is 0.682. The molecule has 0 aromatic heterocycles. The molecule has 96 valence electrons. The molecule has 0 radical (unpaired) electrons. The van der Waals surface area contributed by atoms with E-state index in [0.717, 1.165) is 31.7 Å². The Balaban J connectivity index is 2.25. The molecule has 0 aliphatic rings. The molecule has 0 bridgehead atoms. The highest BCUT2D eigenvalue weighted by Gasteiger charge is 1.97. The van der Waals surface area contributed by atoms with Gasteiger partial charge < -0.3 is 15.2 Å². The highest BCUT2D eigenvalue weighted by atomic mass is 16.5. The van der Waals surface area contributed by atoms with Crippen LogP contribution >= 0.6 is 0 Å². The van der Waals surface area contributed by atoms with E-state index < -0.39 is 0 Å². The van der Waals surface area contributed by atoms with Crippen LogP contribution in [0.4, 0.5) is 0 Å². The lowest BCUT2D eigenvalue weighted by atomic mass is 10.2. The molecule has 1 aromatic rings. The summed E-state index contributed by atoms with van der Waals surface area (Å²) in [4.78, 5) is 0. The van der Waals surface area contributed by atoms with E-state index in [0.29, 0.717) is 0 Å². The van der Waals surface area contributed by atoms with Crippen molar-refractivity contribution < 1.29 is 9.84 Å². The topological polar surface area (TPSA) is 41.5 Å². The van der Waals surface area contributed by atoms with Crippen molar-refractivity contribution in [1.82, 2.24) is 5.32 Å². The first-order valence-electron chi connectivity index (χ1n) is 6.29. The lowest BCUT2D eigenvalue weighted by molar-refractivity contribution is 0.242. The van der Waals surface area contributed by atoms with Crippen LogP contribution in [0.25, 0.3) is 0 Å². The standard InChI is InChI=1S/C14H23NO2/c1-12(2)17-14-7-5-13(6-8-14)11-15-9-3-4-10-16/h5-8,12,15-16H,3-4,9-11H2,1-2H3. The molecule has 0 atom stereocenters. The molecule has 0 unspecified atom stereocenters. The first kappa shape index (κ1) is 14.0. The maximum Gasteiger partial charge on any atom is 0.119 e. The molecule has 1 rings (SSSR count). The molecule has 0 fully saturated rings. The third kappa shape index (κ3) is 6.29. The molecule has 3 nitrogen and oxygen atoms in total. The Kier molecular flexibility index (Phi) is 6.67. The van der Waals surface area contributed by atoms with Gasteiger partial charge in [0.25, 0.3) is 0 Å². The Morgan fingerprint density at radius 3 is 2.47 bits per heavy atom. The Labute approximate surface area is 104 Å². The van der Waals surface area contributed by atoms with Gasteiger partial charge >= 0.3 is 0 Å². The summed E-state index contributed by atoms with van der Waals surface area (Å²) in [5.74, 6) is 0.920. The highest BCUT2D eigenvalue weighted by Crippen LogP contribution is 2.13. The average Bonchev–Trinajstić information content (AvgIpc) is 2.30. The SMILES string of the molecule is CC(C)Oc1ccc(CNCCCCO)cc1. The van der Waals surface area contributed by atoms with E-state index in [2.05, 4.69) is 17.4 Å². The molecule has 3 heteroatoms. The van der Waals surface area contributed by atoms with Crippen molar-refractivity contribution in [2.45, 2.75) is 39.3 Å². The van der Waals surface area contributed by atoms with Crippen molar-refractivity contribution in [2.24, 2.45) is 0 Å². The van der Waals surface area contributed by atoms with E-state index in [1.807, 2.05) is 26.0 Å². The number of hydrogen-bond donors (Lipinski definition) is 2. The van der Waals surface area contributed by atoms with Gasteiger partial charge in [-0.3, -0.25) is 0 Å². The van der Waals surface area contributed by atoms with Gasteiger partial charge in [-0.25, -0.2) is 0 Å². The summed E-state index contributed by atoms with van der Waals surface area (Å²) in [5, 5.41) is 12.0. The second kappa shape index (κ2) is 8.09. The van der Waals surface area contributed by atoms with Gasteiger partial charge in [-0.15, -0.1) is 0 Å². The van der Waals surface area contributed by atoms with Gasteiger partial charge in [-0.1, -0.05) is 12.1 Å². The first-order valence-corrected chi connectivity index (χ1v) is 6.29. The van der Waals surface area contributed by atoms with E-state index >= 15 is 0 Å². The number of ether oxygens (including phenoxy) is 1. The Morgan fingerprint density at radius 1 is 1.18 bits per heavy atom. The van der Waals surface area contributed by atoms with Gasteiger partial charge in [0.2, 0.25) is 0 Å². The summed E-state index contributed by atoms with van der Waals surface area (Å²) in [6.45, 7) is 6.15. The monoisotopic (exact) mass is 237 g/mol. The van der Waals surface area contributed by atoms with Crippen molar-refractivity contribution in [1.29, 1.82) is 0 Å². The number of benzene rings is 1. The molecular weight excluding hydrogens is 214 g/mol. The molecule has 0 heterocycles. The summed E-state index contributed by atoms with van der Waals surface area (Å²) < 4.78 is 5.58. The molecule has 0 saturated carbocycles. The number of aliphatic hydroxyl groups excluding tert-OH is 1. The number of nitrogens with one attached hydrogen (secondary N) is 1. The van der Waals surface area contributed by atoms with Crippen LogP contribution in [0.15, 0.2) is 24.3 Å². The van der Waals surface area contributed by atoms with E-state index in [9.17, 15) is 0 Å². The summed E-state index contributed by atoms with van der Waals surface area (Å²) in [6.07, 6.45) is 2.11. The third-order valence-corrected chi connectivity index (χ3v) is 2.39. The molecule has 2 N–H and O–H groups in total. The minimum Gasteiger partial charge on any atom is -0.491 e. The van der Waals surface area contributed by atoms with Gasteiger partial charge in [-0.05, 0) is 50.9 Å². The summed E-state index contributed by atoms with van der Waals surface area (Å²) in [7, 11) is 0. The van der Waals surface area contributed by atoms with Crippen LogP contribution in [0.2, 0.25) is 0 Å². The van der Waals surface area contributed by atoms with Crippen molar-refractivity contribution in [3.8, 4) is 5.75 Å². The first-order chi connectivity index (χ1) is 8.22. The molecule has 0 aliphatic carbocycles. The average molecular weight is 237 g/mol. The summed E-state index contributed by atoms with van der Waals surface area (Å²) in [5.41, 5.74) is 1.25. The Bertz CT molecular complexity index is 296. The van der Waals surface area contributed by atoms with Gasteiger partial charge in [0.05, 0.1) is 6.10 Å². The van der Waals surface area contributed by atoms with Crippen molar-refractivity contribution in [2.75, 3.05) is 13.2 Å². The van der Waals surface area contributed by atoms with Crippen LogP contribution in [-0.4, -0.2) is 24.4 Å². The van der Waals surface area contributed by atoms with Crippen LogP contribution in [0, 0.1) is 0 Å². The summed E-state index contributed by atoms with van der Waals surface area (Å²) >= 11 is 0. The van der Waals surface area contributed by atoms with E-state index in [1.54, 1.807) is 0 Å². The van der Waals surface area contributed by atoms with Gasteiger partial charge in [0.15, 0.2) is 0 Å². The van der Waals surface area contributed by atoms with Crippen molar-refractivity contribution in [3.05, 3.63) is 29.8 Å². The largest absolute Gasteiger partial charge is 0.491 e. The minimum absolute atomic E-state index is 0.220. The Morgan fingerprint density at radius 2 is 1.88 bits per heavy atom. The minimum atomic E-state index is 0.220. The van der Waals surface area contributed by atoms with Crippen molar-refractivity contribution in [3.63, 3.8) is 0 Å². The lowest BCUT2D eigenvalue weighted by Gasteiger charge is -2.10. The molecule has 0 saturated heterocycles. The summed E-state index contributed by atoms with van der Waals surface area (Å²) in [6, 6.07) is 8.17.